The van der Waals surface area contributed by atoms with Gasteiger partial charge in [0.15, 0.2) is 0 Å². The quantitative estimate of drug-likeness (QED) is 0.563. The van der Waals surface area contributed by atoms with E-state index in [9.17, 15) is 0 Å². The first-order valence-corrected chi connectivity index (χ1v) is 4.63. The van der Waals surface area contributed by atoms with Crippen LogP contribution in [0.15, 0.2) is 23.3 Å². The molecule has 0 saturated heterocycles. The fourth-order valence-corrected chi connectivity index (χ4v) is 1.50. The van der Waals surface area contributed by atoms with Crippen molar-refractivity contribution in [2.45, 2.75) is 40.0 Å². The SMILES string of the molecule is CCC1=CCCC(C(C)C)=C1. The van der Waals surface area contributed by atoms with Crippen LogP contribution in [0, 0.1) is 5.92 Å². The van der Waals surface area contributed by atoms with Gasteiger partial charge in [-0.3, -0.25) is 0 Å². The van der Waals surface area contributed by atoms with E-state index in [0.717, 1.165) is 5.92 Å². The maximum atomic E-state index is 2.38. The second kappa shape index (κ2) is 3.75. The van der Waals surface area contributed by atoms with Crippen LogP contribution in [-0.2, 0) is 0 Å². The lowest BCUT2D eigenvalue weighted by atomic mass is 9.91. The molecule has 1 aliphatic carbocycles. The summed E-state index contributed by atoms with van der Waals surface area (Å²) in [6.45, 7) is 6.79. The Morgan fingerprint density at radius 2 is 2.18 bits per heavy atom. The molecule has 62 valence electrons. The Hall–Kier alpha value is -0.520. The average Bonchev–Trinajstić information content (AvgIpc) is 2.05. The van der Waals surface area contributed by atoms with Crippen molar-refractivity contribution in [3.8, 4) is 0 Å². The molecule has 1 aliphatic rings. The lowest BCUT2D eigenvalue weighted by Gasteiger charge is -2.15. The molecular formula is C11H18. The van der Waals surface area contributed by atoms with Gasteiger partial charge >= 0.3 is 0 Å². The maximum absolute atomic E-state index is 2.38. The monoisotopic (exact) mass is 150 g/mol. The van der Waals surface area contributed by atoms with Crippen LogP contribution in [0.5, 0.6) is 0 Å². The fraction of sp³-hybridized carbons (Fsp3) is 0.636. The van der Waals surface area contributed by atoms with Gasteiger partial charge in [-0.2, -0.15) is 0 Å². The third-order valence-electron chi connectivity index (χ3n) is 2.36. The molecule has 1 rings (SSSR count). The van der Waals surface area contributed by atoms with E-state index >= 15 is 0 Å². The summed E-state index contributed by atoms with van der Waals surface area (Å²) in [5.74, 6) is 0.741. The molecule has 0 aromatic rings. The predicted octanol–water partition coefficient (Wildman–Crippen LogP) is 3.70. The average molecular weight is 150 g/mol. The molecule has 0 saturated carbocycles. The number of allylic oxidation sites excluding steroid dienone is 4. The fourth-order valence-electron chi connectivity index (χ4n) is 1.50. The molecule has 0 fully saturated rings. The summed E-state index contributed by atoms with van der Waals surface area (Å²) in [7, 11) is 0. The summed E-state index contributed by atoms with van der Waals surface area (Å²) < 4.78 is 0. The van der Waals surface area contributed by atoms with Crippen LogP contribution in [0.25, 0.3) is 0 Å². The molecule has 0 heterocycles. The highest BCUT2D eigenvalue weighted by atomic mass is 14.1. The smallest absolute Gasteiger partial charge is 0.0257 e. The largest absolute Gasteiger partial charge is 0.0810 e. The number of rotatable bonds is 2. The first kappa shape index (κ1) is 8.58. The van der Waals surface area contributed by atoms with E-state index in [1.807, 2.05) is 0 Å². The lowest BCUT2D eigenvalue weighted by molar-refractivity contribution is 0.703. The molecule has 11 heavy (non-hydrogen) atoms. The Labute approximate surface area is 70.0 Å². The minimum Gasteiger partial charge on any atom is -0.0810 e. The van der Waals surface area contributed by atoms with Crippen molar-refractivity contribution >= 4 is 0 Å². The molecule has 0 radical (unpaired) electrons. The molecule has 0 N–H and O–H groups in total. The zero-order chi connectivity index (χ0) is 8.27. The van der Waals surface area contributed by atoms with E-state index in [1.54, 1.807) is 5.57 Å². The highest BCUT2D eigenvalue weighted by Crippen LogP contribution is 2.24. The van der Waals surface area contributed by atoms with Crippen LogP contribution in [0.1, 0.15) is 40.0 Å². The third-order valence-corrected chi connectivity index (χ3v) is 2.36. The van der Waals surface area contributed by atoms with E-state index in [-0.39, 0.29) is 0 Å². The molecule has 0 amide bonds. The molecule has 0 bridgehead atoms. The molecular weight excluding hydrogens is 132 g/mol. The topological polar surface area (TPSA) is 0 Å². The first-order chi connectivity index (χ1) is 5.24. The van der Waals surface area contributed by atoms with Gasteiger partial charge in [0.25, 0.3) is 0 Å². The Bertz CT molecular complexity index is 182. The first-order valence-electron chi connectivity index (χ1n) is 4.63. The Morgan fingerprint density at radius 3 is 2.73 bits per heavy atom. The van der Waals surface area contributed by atoms with Gasteiger partial charge < -0.3 is 0 Å². The number of hydrogen-bond donors (Lipinski definition) is 0. The summed E-state index contributed by atoms with van der Waals surface area (Å²) in [5.41, 5.74) is 3.16. The highest BCUT2D eigenvalue weighted by molar-refractivity contribution is 5.28. The molecule has 0 aromatic carbocycles. The van der Waals surface area contributed by atoms with Crippen molar-refractivity contribution in [2.75, 3.05) is 0 Å². The van der Waals surface area contributed by atoms with Crippen LogP contribution in [-0.4, -0.2) is 0 Å². The van der Waals surface area contributed by atoms with Gasteiger partial charge in [-0.05, 0) is 25.2 Å². The van der Waals surface area contributed by atoms with Gasteiger partial charge in [-0.25, -0.2) is 0 Å². The van der Waals surface area contributed by atoms with E-state index in [1.165, 1.54) is 24.8 Å². The summed E-state index contributed by atoms with van der Waals surface area (Å²) in [6.07, 6.45) is 8.48. The van der Waals surface area contributed by atoms with Gasteiger partial charge in [-0.1, -0.05) is 44.1 Å². The van der Waals surface area contributed by atoms with Crippen LogP contribution in [0.2, 0.25) is 0 Å². The van der Waals surface area contributed by atoms with Gasteiger partial charge in [0.2, 0.25) is 0 Å². The Balaban J connectivity index is 2.68. The second-order valence-electron chi connectivity index (χ2n) is 3.55. The summed E-state index contributed by atoms with van der Waals surface area (Å²) in [4.78, 5) is 0. The molecule has 0 atom stereocenters. The summed E-state index contributed by atoms with van der Waals surface area (Å²) in [6, 6.07) is 0. The second-order valence-corrected chi connectivity index (χ2v) is 3.55. The van der Waals surface area contributed by atoms with E-state index in [0.29, 0.717) is 0 Å². The Kier molecular flexibility index (Phi) is 2.92. The summed E-state index contributed by atoms with van der Waals surface area (Å²) >= 11 is 0. The molecule has 0 heteroatoms. The zero-order valence-corrected chi connectivity index (χ0v) is 7.85. The van der Waals surface area contributed by atoms with Crippen molar-refractivity contribution < 1.29 is 0 Å². The standard InChI is InChI=1S/C11H18/c1-4-10-6-5-7-11(8-10)9(2)3/h6,8-9H,4-5,7H2,1-3H3. The molecule has 0 unspecified atom stereocenters. The maximum Gasteiger partial charge on any atom is -0.0257 e. The van der Waals surface area contributed by atoms with Crippen LogP contribution >= 0.6 is 0 Å². The molecule has 0 spiro atoms. The minimum absolute atomic E-state index is 0.741. The van der Waals surface area contributed by atoms with Crippen molar-refractivity contribution in [1.82, 2.24) is 0 Å². The molecule has 0 aromatic heterocycles. The minimum atomic E-state index is 0.741. The van der Waals surface area contributed by atoms with Crippen LogP contribution in [0.3, 0.4) is 0 Å². The van der Waals surface area contributed by atoms with E-state index in [4.69, 9.17) is 0 Å². The zero-order valence-electron chi connectivity index (χ0n) is 7.85. The van der Waals surface area contributed by atoms with Crippen molar-refractivity contribution in [3.05, 3.63) is 23.3 Å². The highest BCUT2D eigenvalue weighted by Gasteiger charge is 2.06. The summed E-state index contributed by atoms with van der Waals surface area (Å²) in [5, 5.41) is 0. The van der Waals surface area contributed by atoms with Crippen molar-refractivity contribution in [2.24, 2.45) is 5.92 Å². The predicted molar refractivity (Wildman–Crippen MR) is 50.5 cm³/mol. The van der Waals surface area contributed by atoms with Crippen molar-refractivity contribution in [1.29, 1.82) is 0 Å². The molecule has 0 aliphatic heterocycles. The van der Waals surface area contributed by atoms with Gasteiger partial charge in [0.1, 0.15) is 0 Å². The lowest BCUT2D eigenvalue weighted by Crippen LogP contribution is -1.98. The van der Waals surface area contributed by atoms with E-state index < -0.39 is 0 Å². The normalized spacial score (nSPS) is 18.2. The van der Waals surface area contributed by atoms with Gasteiger partial charge in [0, 0.05) is 0 Å². The van der Waals surface area contributed by atoms with Gasteiger partial charge in [0.05, 0.1) is 0 Å². The van der Waals surface area contributed by atoms with E-state index in [2.05, 4.69) is 32.9 Å². The third kappa shape index (κ3) is 2.21. The molecule has 0 nitrogen and oxygen atoms in total. The Morgan fingerprint density at radius 1 is 1.45 bits per heavy atom. The van der Waals surface area contributed by atoms with Crippen LogP contribution < -0.4 is 0 Å². The number of hydrogen-bond acceptors (Lipinski definition) is 0. The van der Waals surface area contributed by atoms with Crippen molar-refractivity contribution in [3.63, 3.8) is 0 Å². The van der Waals surface area contributed by atoms with Gasteiger partial charge in [-0.15, -0.1) is 0 Å². The van der Waals surface area contributed by atoms with Crippen LogP contribution in [0.4, 0.5) is 0 Å².